The zero-order chi connectivity index (χ0) is 19.5. The molecule has 0 amide bonds. The van der Waals surface area contributed by atoms with Gasteiger partial charge in [0.15, 0.2) is 0 Å². The number of aliphatic imine (C=N–C) groups is 1. The number of halogens is 2. The molecular formula is C17H24Cl2N2O3SiZr. The van der Waals surface area contributed by atoms with Crippen molar-refractivity contribution < 1.29 is 30.9 Å². The Kier molecular flexibility index (Phi) is 7.90. The maximum atomic E-state index is 11.2. The third-order valence-corrected chi connectivity index (χ3v) is 7.25. The van der Waals surface area contributed by atoms with E-state index in [9.17, 15) is 15.2 Å². The van der Waals surface area contributed by atoms with E-state index < -0.39 is 33.8 Å². The van der Waals surface area contributed by atoms with Crippen LogP contribution in [0, 0.1) is 22.0 Å². The van der Waals surface area contributed by atoms with Crippen LogP contribution < -0.4 is 5.19 Å². The number of aromatic hydroxyl groups is 1. The molecule has 2 bridgehead atoms. The molecule has 5 nitrogen and oxygen atoms in total. The summed E-state index contributed by atoms with van der Waals surface area (Å²) in [6.45, 7) is 6.22. The number of nitrogens with zero attached hydrogens (tertiary/aromatic N) is 2. The minimum absolute atomic E-state index is 0.0367. The molecule has 0 saturated heterocycles. The Balaban J connectivity index is 0.000000758. The van der Waals surface area contributed by atoms with Crippen LogP contribution >= 0.6 is 17.0 Å². The molecule has 2 saturated carbocycles. The van der Waals surface area contributed by atoms with E-state index in [1.807, 2.05) is 0 Å². The van der Waals surface area contributed by atoms with Crippen molar-refractivity contribution in [2.75, 3.05) is 0 Å². The predicted octanol–water partition coefficient (Wildman–Crippen LogP) is 4.83. The molecule has 142 valence electrons. The van der Waals surface area contributed by atoms with E-state index in [2.05, 4.69) is 24.6 Å². The monoisotopic (exact) mass is 492 g/mol. The molecule has 1 aromatic carbocycles. The summed E-state index contributed by atoms with van der Waals surface area (Å²) in [6.07, 6.45) is 6.62. The molecule has 26 heavy (non-hydrogen) atoms. The fraction of sp³-hybridized carbons (Fsp3) is 0.588. The van der Waals surface area contributed by atoms with Crippen LogP contribution in [0.4, 0.5) is 5.69 Å². The second kappa shape index (κ2) is 9.31. The van der Waals surface area contributed by atoms with Crippen molar-refractivity contribution in [3.63, 3.8) is 0 Å². The van der Waals surface area contributed by atoms with Crippen molar-refractivity contribution in [3.05, 3.63) is 27.8 Å². The summed E-state index contributed by atoms with van der Waals surface area (Å²) in [5.41, 5.74) is 0.522. The number of non-ortho nitro benzene ring substituents is 1. The topological polar surface area (TPSA) is 75.7 Å². The van der Waals surface area contributed by atoms with Crippen molar-refractivity contribution in [3.8, 4) is 5.75 Å². The zero-order valence-electron chi connectivity index (χ0n) is 15.2. The van der Waals surface area contributed by atoms with E-state index in [-0.39, 0.29) is 11.4 Å². The van der Waals surface area contributed by atoms with Crippen LogP contribution in [-0.2, 0) is 20.8 Å². The number of hydrogen-bond acceptors (Lipinski definition) is 4. The number of fused-ring (bicyclic) bond motifs is 2. The Morgan fingerprint density at radius 1 is 1.31 bits per heavy atom. The van der Waals surface area contributed by atoms with Crippen molar-refractivity contribution in [1.29, 1.82) is 0 Å². The molecule has 1 aromatic rings. The van der Waals surface area contributed by atoms with Crippen LogP contribution in [0.5, 0.6) is 5.75 Å². The second-order valence-electron chi connectivity index (χ2n) is 8.03. The summed E-state index contributed by atoms with van der Waals surface area (Å²) < 4.78 is 0. The third-order valence-electron chi connectivity index (χ3n) is 5.25. The maximum absolute atomic E-state index is 11.2. The van der Waals surface area contributed by atoms with Crippen LogP contribution in [0.3, 0.4) is 0 Å². The molecule has 0 aliphatic heterocycles. The molecule has 0 radical (unpaired) electrons. The molecule has 1 N–H and O–H groups in total. The Morgan fingerprint density at radius 2 is 1.96 bits per heavy atom. The molecule has 3 atom stereocenters. The number of hydrogen-bond donors (Lipinski definition) is 1. The predicted molar refractivity (Wildman–Crippen MR) is 106 cm³/mol. The van der Waals surface area contributed by atoms with Gasteiger partial charge in [0, 0.05) is 23.9 Å². The van der Waals surface area contributed by atoms with Gasteiger partial charge in [0.2, 0.25) is 0 Å². The van der Waals surface area contributed by atoms with Crippen molar-refractivity contribution in [2.45, 2.75) is 51.4 Å². The number of benzene rings is 1. The van der Waals surface area contributed by atoms with Crippen LogP contribution in [0.15, 0.2) is 17.1 Å². The summed E-state index contributed by atoms with van der Waals surface area (Å²) in [6, 6.07) is 3.29. The van der Waals surface area contributed by atoms with Crippen molar-refractivity contribution in [1.82, 2.24) is 0 Å². The van der Waals surface area contributed by atoms with E-state index in [1.54, 1.807) is 6.21 Å². The SMILES string of the molecule is C[Si](C)(C)c1cc([N+](=O)[O-])cc(C=NC2CC3CCC2C3)c1O.[Cl][Zr][Cl]. The molecule has 2 aliphatic rings. The Labute approximate surface area is 174 Å². The summed E-state index contributed by atoms with van der Waals surface area (Å²) >= 11 is -0.826. The van der Waals surface area contributed by atoms with E-state index in [0.717, 1.165) is 17.5 Å². The number of nitro benzene ring substituents is 1. The van der Waals surface area contributed by atoms with Gasteiger partial charge < -0.3 is 5.11 Å². The molecule has 2 aliphatic carbocycles. The summed E-state index contributed by atoms with van der Waals surface area (Å²) in [4.78, 5) is 15.5. The number of rotatable bonds is 4. The van der Waals surface area contributed by atoms with Gasteiger partial charge in [0.25, 0.3) is 5.69 Å². The van der Waals surface area contributed by atoms with E-state index in [4.69, 9.17) is 17.0 Å². The van der Waals surface area contributed by atoms with Gasteiger partial charge in [-0.3, -0.25) is 15.1 Å². The first-order valence-corrected chi connectivity index (χ1v) is 18.5. The number of nitro groups is 1. The van der Waals surface area contributed by atoms with Crippen molar-refractivity contribution in [2.24, 2.45) is 16.8 Å². The number of phenols is 1. The van der Waals surface area contributed by atoms with Crippen LogP contribution in [0.1, 0.15) is 31.2 Å². The molecule has 3 unspecified atom stereocenters. The van der Waals surface area contributed by atoms with E-state index in [1.165, 1.54) is 31.4 Å². The first kappa shape index (κ1) is 22.1. The molecule has 0 spiro atoms. The fourth-order valence-corrected chi connectivity index (χ4v) is 5.42. The normalized spacial score (nSPS) is 24.4. The van der Waals surface area contributed by atoms with Gasteiger partial charge >= 0.3 is 37.9 Å². The third kappa shape index (κ3) is 5.40. The molecule has 3 rings (SSSR count). The van der Waals surface area contributed by atoms with Gasteiger partial charge in [-0.25, -0.2) is 0 Å². The summed E-state index contributed by atoms with van der Waals surface area (Å²) in [7, 11) is 7.99. The van der Waals surface area contributed by atoms with Gasteiger partial charge in [-0.1, -0.05) is 26.1 Å². The molecule has 0 heterocycles. The van der Waals surface area contributed by atoms with Gasteiger partial charge in [-0.05, 0) is 36.3 Å². The zero-order valence-corrected chi connectivity index (χ0v) is 20.2. The Hall–Kier alpha value is -0.230. The quantitative estimate of drug-likeness (QED) is 0.282. The summed E-state index contributed by atoms with van der Waals surface area (Å²) in [5.74, 6) is 1.63. The van der Waals surface area contributed by atoms with E-state index >= 15 is 0 Å². The fourth-order valence-electron chi connectivity index (χ4n) is 3.99. The number of phenolic OH excluding ortho intramolecular Hbond substituents is 1. The first-order valence-electron chi connectivity index (χ1n) is 8.68. The minimum atomic E-state index is -1.88. The van der Waals surface area contributed by atoms with Crippen LogP contribution in [0.25, 0.3) is 0 Å². The summed E-state index contributed by atoms with van der Waals surface area (Å²) in [5, 5.41) is 22.5. The van der Waals surface area contributed by atoms with Gasteiger partial charge in [-0.15, -0.1) is 0 Å². The van der Waals surface area contributed by atoms with Crippen LogP contribution in [0.2, 0.25) is 19.6 Å². The molecule has 0 aromatic heterocycles. The van der Waals surface area contributed by atoms with Crippen molar-refractivity contribution >= 4 is 42.2 Å². The standard InChI is InChI=1S/C17H24N2O3Si.2ClH.Zr/c1-23(2,3)16-9-14(19(21)22)8-13(17(16)20)10-18-15-7-11-4-5-12(15)6-11;;;/h8-12,15,20H,4-7H2,1-3H3;2*1H;/q;;;+2/p-2. The van der Waals surface area contributed by atoms with Gasteiger partial charge in [0.05, 0.1) is 19.0 Å². The van der Waals surface area contributed by atoms with E-state index in [0.29, 0.717) is 17.5 Å². The van der Waals surface area contributed by atoms with Gasteiger partial charge in [-0.2, -0.15) is 0 Å². The Morgan fingerprint density at radius 3 is 2.42 bits per heavy atom. The molecule has 9 heteroatoms. The average Bonchev–Trinajstić information content (AvgIpc) is 3.16. The average molecular weight is 495 g/mol. The Bertz CT molecular complexity index is 697. The van der Waals surface area contributed by atoms with Crippen LogP contribution in [-0.4, -0.2) is 30.4 Å². The molecule has 2 fully saturated rings. The molecular weight excluding hydrogens is 470 g/mol. The second-order valence-corrected chi connectivity index (χ2v) is 16.8. The first-order chi connectivity index (χ1) is 12.2. The van der Waals surface area contributed by atoms with Gasteiger partial charge in [0.1, 0.15) is 5.75 Å².